The molecular formula is C12H13FN2S. The van der Waals surface area contributed by atoms with Crippen LogP contribution in [0.4, 0.5) is 4.39 Å². The van der Waals surface area contributed by atoms with Gasteiger partial charge in [0.2, 0.25) is 0 Å². The summed E-state index contributed by atoms with van der Waals surface area (Å²) in [5, 5.41) is 5.29. The highest BCUT2D eigenvalue weighted by molar-refractivity contribution is 7.10. The second-order valence-corrected chi connectivity index (χ2v) is 4.53. The van der Waals surface area contributed by atoms with Gasteiger partial charge < -0.3 is 5.32 Å². The lowest BCUT2D eigenvalue weighted by molar-refractivity contribution is 0.537. The monoisotopic (exact) mass is 236 g/mol. The van der Waals surface area contributed by atoms with E-state index in [1.165, 1.54) is 10.9 Å². The predicted octanol–water partition coefficient (Wildman–Crippen LogP) is 3.13. The van der Waals surface area contributed by atoms with Crippen LogP contribution in [0.1, 0.15) is 23.5 Å². The van der Waals surface area contributed by atoms with Crippen molar-refractivity contribution in [3.63, 3.8) is 0 Å². The highest BCUT2D eigenvalue weighted by Crippen LogP contribution is 2.18. The van der Waals surface area contributed by atoms with Crippen LogP contribution in [0.3, 0.4) is 0 Å². The highest BCUT2D eigenvalue weighted by atomic mass is 32.1. The van der Waals surface area contributed by atoms with E-state index in [0.717, 1.165) is 0 Å². The van der Waals surface area contributed by atoms with Crippen molar-refractivity contribution in [2.75, 3.05) is 0 Å². The molecule has 84 valence electrons. The van der Waals surface area contributed by atoms with Gasteiger partial charge in [0.1, 0.15) is 5.82 Å². The van der Waals surface area contributed by atoms with Gasteiger partial charge in [-0.05, 0) is 30.5 Å². The lowest BCUT2D eigenvalue weighted by atomic mass is 10.2. The summed E-state index contributed by atoms with van der Waals surface area (Å²) < 4.78 is 13.3. The van der Waals surface area contributed by atoms with Gasteiger partial charge in [-0.3, -0.25) is 4.98 Å². The SMILES string of the molecule is CC(NCc1ncccc1F)c1cccs1. The number of nitrogens with one attached hydrogen (secondary N) is 1. The van der Waals surface area contributed by atoms with Crippen molar-refractivity contribution in [1.82, 2.24) is 10.3 Å². The Bertz CT molecular complexity index is 442. The summed E-state index contributed by atoms with van der Waals surface area (Å²) in [6.45, 7) is 2.51. The molecule has 0 saturated heterocycles. The Morgan fingerprint density at radius 2 is 2.31 bits per heavy atom. The van der Waals surface area contributed by atoms with E-state index >= 15 is 0 Å². The van der Waals surface area contributed by atoms with Gasteiger partial charge in [0.25, 0.3) is 0 Å². The van der Waals surface area contributed by atoms with Crippen LogP contribution in [0.25, 0.3) is 0 Å². The van der Waals surface area contributed by atoms with Crippen molar-refractivity contribution in [2.24, 2.45) is 0 Å². The molecule has 4 heteroatoms. The van der Waals surface area contributed by atoms with Gasteiger partial charge in [-0.1, -0.05) is 6.07 Å². The van der Waals surface area contributed by atoms with Crippen LogP contribution in [0.5, 0.6) is 0 Å². The molecule has 1 unspecified atom stereocenters. The predicted molar refractivity (Wildman–Crippen MR) is 63.8 cm³/mol. The number of hydrogen-bond donors (Lipinski definition) is 1. The molecule has 0 amide bonds. The minimum atomic E-state index is -0.256. The largest absolute Gasteiger partial charge is 0.304 e. The molecular weight excluding hydrogens is 223 g/mol. The quantitative estimate of drug-likeness (QED) is 0.882. The van der Waals surface area contributed by atoms with Crippen LogP contribution in [0.2, 0.25) is 0 Å². The first-order valence-electron chi connectivity index (χ1n) is 5.13. The Balaban J connectivity index is 1.95. The number of thiophene rings is 1. The number of aromatic nitrogens is 1. The summed E-state index contributed by atoms with van der Waals surface area (Å²) in [7, 11) is 0. The number of rotatable bonds is 4. The summed E-state index contributed by atoms with van der Waals surface area (Å²) in [5.74, 6) is -0.256. The van der Waals surface area contributed by atoms with Gasteiger partial charge >= 0.3 is 0 Å². The average molecular weight is 236 g/mol. The molecule has 2 nitrogen and oxygen atoms in total. The van der Waals surface area contributed by atoms with Gasteiger partial charge in [-0.15, -0.1) is 11.3 Å². The van der Waals surface area contributed by atoms with Crippen molar-refractivity contribution in [3.05, 3.63) is 52.2 Å². The Morgan fingerprint density at radius 3 is 3.00 bits per heavy atom. The smallest absolute Gasteiger partial charge is 0.146 e. The van der Waals surface area contributed by atoms with Gasteiger partial charge in [0, 0.05) is 23.7 Å². The molecule has 2 heterocycles. The minimum Gasteiger partial charge on any atom is -0.304 e. The fourth-order valence-corrected chi connectivity index (χ4v) is 2.20. The van der Waals surface area contributed by atoms with Crippen molar-refractivity contribution < 1.29 is 4.39 Å². The van der Waals surface area contributed by atoms with E-state index in [1.807, 2.05) is 11.4 Å². The number of hydrogen-bond acceptors (Lipinski definition) is 3. The Morgan fingerprint density at radius 1 is 1.44 bits per heavy atom. The van der Waals surface area contributed by atoms with Crippen molar-refractivity contribution in [2.45, 2.75) is 19.5 Å². The second-order valence-electron chi connectivity index (χ2n) is 3.55. The summed E-state index contributed by atoms with van der Waals surface area (Å²) in [4.78, 5) is 5.24. The molecule has 0 aliphatic heterocycles. The Kier molecular flexibility index (Phi) is 3.64. The molecule has 2 aromatic rings. The molecule has 0 saturated carbocycles. The second kappa shape index (κ2) is 5.18. The molecule has 0 spiro atoms. The maximum Gasteiger partial charge on any atom is 0.146 e. The van der Waals surface area contributed by atoms with E-state index in [1.54, 1.807) is 23.6 Å². The van der Waals surface area contributed by atoms with E-state index in [4.69, 9.17) is 0 Å². The molecule has 16 heavy (non-hydrogen) atoms. The Labute approximate surface area is 98.2 Å². The highest BCUT2D eigenvalue weighted by Gasteiger charge is 2.07. The molecule has 0 radical (unpaired) electrons. The zero-order chi connectivity index (χ0) is 11.4. The molecule has 1 atom stereocenters. The van der Waals surface area contributed by atoms with E-state index in [0.29, 0.717) is 12.2 Å². The molecule has 0 aliphatic carbocycles. The van der Waals surface area contributed by atoms with E-state index in [9.17, 15) is 4.39 Å². The molecule has 2 rings (SSSR count). The lowest BCUT2D eigenvalue weighted by Gasteiger charge is -2.11. The summed E-state index contributed by atoms with van der Waals surface area (Å²) in [6, 6.07) is 7.33. The molecule has 0 aliphatic rings. The Hall–Kier alpha value is -1.26. The fourth-order valence-electron chi connectivity index (χ4n) is 1.44. The first-order chi connectivity index (χ1) is 7.77. The van der Waals surface area contributed by atoms with Gasteiger partial charge in [0.05, 0.1) is 5.69 Å². The van der Waals surface area contributed by atoms with Crippen molar-refractivity contribution >= 4 is 11.3 Å². The molecule has 0 fully saturated rings. The van der Waals surface area contributed by atoms with Gasteiger partial charge in [-0.25, -0.2) is 4.39 Å². The molecule has 1 N–H and O–H groups in total. The fraction of sp³-hybridized carbons (Fsp3) is 0.250. The van der Waals surface area contributed by atoms with Crippen LogP contribution in [-0.2, 0) is 6.54 Å². The summed E-state index contributed by atoms with van der Waals surface area (Å²) >= 11 is 1.69. The normalized spacial score (nSPS) is 12.6. The molecule has 0 aromatic carbocycles. The number of nitrogens with zero attached hydrogens (tertiary/aromatic N) is 1. The maximum atomic E-state index is 13.3. The van der Waals surface area contributed by atoms with Crippen molar-refractivity contribution in [1.29, 1.82) is 0 Å². The van der Waals surface area contributed by atoms with Crippen LogP contribution in [0, 0.1) is 5.82 Å². The number of pyridine rings is 1. The van der Waals surface area contributed by atoms with Crippen LogP contribution in [-0.4, -0.2) is 4.98 Å². The van der Waals surface area contributed by atoms with Gasteiger partial charge in [0.15, 0.2) is 0 Å². The molecule has 0 bridgehead atoms. The van der Waals surface area contributed by atoms with Gasteiger partial charge in [-0.2, -0.15) is 0 Å². The minimum absolute atomic E-state index is 0.224. The number of halogens is 1. The van der Waals surface area contributed by atoms with E-state index in [-0.39, 0.29) is 11.9 Å². The van der Waals surface area contributed by atoms with Crippen LogP contribution < -0.4 is 5.32 Å². The average Bonchev–Trinajstić information content (AvgIpc) is 2.81. The van der Waals surface area contributed by atoms with E-state index in [2.05, 4.69) is 23.3 Å². The first kappa shape index (κ1) is 11.2. The summed E-state index contributed by atoms with van der Waals surface area (Å²) in [5.41, 5.74) is 0.464. The zero-order valence-electron chi connectivity index (χ0n) is 8.98. The third kappa shape index (κ3) is 2.65. The maximum absolute atomic E-state index is 13.3. The third-order valence-corrected chi connectivity index (χ3v) is 3.44. The first-order valence-corrected chi connectivity index (χ1v) is 6.01. The van der Waals surface area contributed by atoms with Crippen LogP contribution >= 0.6 is 11.3 Å². The van der Waals surface area contributed by atoms with E-state index < -0.39 is 0 Å². The topological polar surface area (TPSA) is 24.9 Å². The lowest BCUT2D eigenvalue weighted by Crippen LogP contribution is -2.18. The third-order valence-electron chi connectivity index (χ3n) is 2.38. The van der Waals surface area contributed by atoms with Crippen molar-refractivity contribution in [3.8, 4) is 0 Å². The standard InChI is InChI=1S/C12H13FN2S/c1-9(12-5-3-7-16-12)15-8-11-10(13)4-2-6-14-11/h2-7,9,15H,8H2,1H3. The molecule has 2 aromatic heterocycles. The zero-order valence-corrected chi connectivity index (χ0v) is 9.80. The van der Waals surface area contributed by atoms with Crippen LogP contribution in [0.15, 0.2) is 35.8 Å². The summed E-state index contributed by atoms with van der Waals surface area (Å²) in [6.07, 6.45) is 1.61.